The van der Waals surface area contributed by atoms with Crippen LogP contribution in [0.3, 0.4) is 0 Å². The molecule has 0 atom stereocenters. The third-order valence-electron chi connectivity index (χ3n) is 2.95. The number of aliphatic imine (C=N–C) groups is 1. The molecule has 5 nitrogen and oxygen atoms in total. The highest BCUT2D eigenvalue weighted by Crippen LogP contribution is 2.03. The molecule has 0 aliphatic rings. The van der Waals surface area contributed by atoms with Crippen LogP contribution in [0, 0.1) is 11.7 Å². The summed E-state index contributed by atoms with van der Waals surface area (Å²) in [5, 5.41) is 9.13. The standard InChI is InChI=1S/C17H27FN4O.HI/c1-4-19-17(22-12-13(2)3)21-9-8-20-16(23)11-14-6-5-7-15(18)10-14;/h5-7,10,13H,4,8-9,11-12H2,1-3H3,(H,20,23)(H2,19,21,22);1H. The topological polar surface area (TPSA) is 65.5 Å². The summed E-state index contributed by atoms with van der Waals surface area (Å²) in [5.74, 6) is 0.798. The fourth-order valence-corrected chi connectivity index (χ4v) is 1.89. The van der Waals surface area contributed by atoms with Gasteiger partial charge in [0, 0.05) is 26.2 Å². The van der Waals surface area contributed by atoms with Gasteiger partial charge >= 0.3 is 0 Å². The molecule has 0 bridgehead atoms. The molecule has 1 amide bonds. The van der Waals surface area contributed by atoms with E-state index < -0.39 is 0 Å². The van der Waals surface area contributed by atoms with Gasteiger partial charge in [0.2, 0.25) is 5.91 Å². The summed E-state index contributed by atoms with van der Waals surface area (Å²) in [6.07, 6.45) is 0.180. The maximum atomic E-state index is 13.1. The fraction of sp³-hybridized carbons (Fsp3) is 0.529. The maximum absolute atomic E-state index is 13.1. The molecule has 1 rings (SSSR count). The molecule has 0 heterocycles. The van der Waals surface area contributed by atoms with Crippen molar-refractivity contribution in [2.75, 3.05) is 26.2 Å². The van der Waals surface area contributed by atoms with E-state index in [0.717, 1.165) is 19.0 Å². The number of carbonyl (C=O) groups excluding carboxylic acids is 1. The number of guanidine groups is 1. The van der Waals surface area contributed by atoms with E-state index in [-0.39, 0.29) is 42.1 Å². The van der Waals surface area contributed by atoms with Gasteiger partial charge in [-0.3, -0.25) is 9.79 Å². The molecule has 7 heteroatoms. The van der Waals surface area contributed by atoms with Crippen LogP contribution < -0.4 is 16.0 Å². The highest BCUT2D eigenvalue weighted by atomic mass is 127. The Morgan fingerprint density at radius 1 is 1.21 bits per heavy atom. The molecule has 136 valence electrons. The molecular formula is C17H28FIN4O. The lowest BCUT2D eigenvalue weighted by Crippen LogP contribution is -2.42. The van der Waals surface area contributed by atoms with Gasteiger partial charge in [0.15, 0.2) is 5.96 Å². The minimum atomic E-state index is -0.325. The largest absolute Gasteiger partial charge is 0.357 e. The Balaban J connectivity index is 0.00000529. The third kappa shape index (κ3) is 10.4. The molecule has 0 saturated carbocycles. The second-order valence-electron chi connectivity index (χ2n) is 5.70. The Kier molecular flexibility index (Phi) is 12.2. The maximum Gasteiger partial charge on any atom is 0.224 e. The zero-order valence-electron chi connectivity index (χ0n) is 14.6. The van der Waals surface area contributed by atoms with E-state index in [1.807, 2.05) is 6.92 Å². The van der Waals surface area contributed by atoms with E-state index in [2.05, 4.69) is 34.8 Å². The van der Waals surface area contributed by atoms with Crippen LogP contribution in [0.2, 0.25) is 0 Å². The first-order chi connectivity index (χ1) is 11.0. The molecule has 0 spiro atoms. The van der Waals surface area contributed by atoms with Crippen LogP contribution in [0.4, 0.5) is 4.39 Å². The van der Waals surface area contributed by atoms with Crippen molar-refractivity contribution in [2.24, 2.45) is 10.9 Å². The molecule has 3 N–H and O–H groups in total. The van der Waals surface area contributed by atoms with Crippen molar-refractivity contribution in [2.45, 2.75) is 27.2 Å². The van der Waals surface area contributed by atoms with Crippen LogP contribution in [0.5, 0.6) is 0 Å². The number of benzene rings is 1. The van der Waals surface area contributed by atoms with Crippen molar-refractivity contribution in [3.8, 4) is 0 Å². The first-order valence-electron chi connectivity index (χ1n) is 8.04. The highest BCUT2D eigenvalue weighted by molar-refractivity contribution is 14.0. The Morgan fingerprint density at radius 3 is 2.54 bits per heavy atom. The molecule has 1 aromatic rings. The monoisotopic (exact) mass is 450 g/mol. The minimum absolute atomic E-state index is 0. The van der Waals surface area contributed by atoms with Gasteiger partial charge in [-0.15, -0.1) is 24.0 Å². The molecule has 24 heavy (non-hydrogen) atoms. The van der Waals surface area contributed by atoms with Crippen molar-refractivity contribution in [3.63, 3.8) is 0 Å². The Hall–Kier alpha value is -1.38. The lowest BCUT2D eigenvalue weighted by Gasteiger charge is -2.12. The summed E-state index contributed by atoms with van der Waals surface area (Å²) in [6.45, 7) is 8.84. The molecule has 0 aromatic heterocycles. The van der Waals surface area contributed by atoms with Gasteiger partial charge in [0.1, 0.15) is 5.82 Å². The summed E-state index contributed by atoms with van der Waals surface area (Å²) in [5.41, 5.74) is 0.669. The summed E-state index contributed by atoms with van der Waals surface area (Å²) in [7, 11) is 0. The first kappa shape index (κ1) is 22.6. The van der Waals surface area contributed by atoms with E-state index in [9.17, 15) is 9.18 Å². The van der Waals surface area contributed by atoms with Crippen molar-refractivity contribution in [1.82, 2.24) is 16.0 Å². The van der Waals surface area contributed by atoms with Crippen LogP contribution in [0.15, 0.2) is 29.3 Å². The van der Waals surface area contributed by atoms with Crippen molar-refractivity contribution < 1.29 is 9.18 Å². The van der Waals surface area contributed by atoms with E-state index in [0.29, 0.717) is 24.6 Å². The zero-order valence-corrected chi connectivity index (χ0v) is 16.9. The lowest BCUT2D eigenvalue weighted by molar-refractivity contribution is -0.120. The molecule has 0 unspecified atom stereocenters. The number of halogens is 2. The molecule has 0 aliphatic carbocycles. The molecule has 0 aliphatic heterocycles. The normalized spacial score (nSPS) is 11.0. The average molecular weight is 450 g/mol. The Bertz CT molecular complexity index is 523. The second-order valence-corrected chi connectivity index (χ2v) is 5.70. The lowest BCUT2D eigenvalue weighted by atomic mass is 10.1. The Morgan fingerprint density at radius 2 is 1.92 bits per heavy atom. The predicted octanol–water partition coefficient (Wildman–Crippen LogP) is 2.31. The van der Waals surface area contributed by atoms with Gasteiger partial charge < -0.3 is 16.0 Å². The van der Waals surface area contributed by atoms with E-state index in [1.165, 1.54) is 12.1 Å². The highest BCUT2D eigenvalue weighted by Gasteiger charge is 2.04. The number of amides is 1. The smallest absolute Gasteiger partial charge is 0.224 e. The predicted molar refractivity (Wildman–Crippen MR) is 107 cm³/mol. The summed E-state index contributed by atoms with van der Waals surface area (Å²) in [6, 6.07) is 6.08. The zero-order chi connectivity index (χ0) is 17.1. The second kappa shape index (κ2) is 13.0. The number of carbonyl (C=O) groups is 1. The van der Waals surface area contributed by atoms with Crippen molar-refractivity contribution in [3.05, 3.63) is 35.6 Å². The van der Waals surface area contributed by atoms with Crippen LogP contribution in [-0.2, 0) is 11.2 Å². The molecular weight excluding hydrogens is 422 g/mol. The first-order valence-corrected chi connectivity index (χ1v) is 8.04. The number of hydrogen-bond donors (Lipinski definition) is 3. The van der Waals surface area contributed by atoms with Gasteiger partial charge in [-0.05, 0) is 30.5 Å². The summed E-state index contributed by atoms with van der Waals surface area (Å²) < 4.78 is 13.1. The molecule has 1 aromatic carbocycles. The number of rotatable bonds is 8. The van der Waals surface area contributed by atoms with Gasteiger partial charge in [0.25, 0.3) is 0 Å². The van der Waals surface area contributed by atoms with Gasteiger partial charge in [-0.2, -0.15) is 0 Å². The van der Waals surface area contributed by atoms with Crippen LogP contribution >= 0.6 is 24.0 Å². The van der Waals surface area contributed by atoms with Crippen LogP contribution in [-0.4, -0.2) is 38.0 Å². The van der Waals surface area contributed by atoms with Crippen molar-refractivity contribution >= 4 is 35.8 Å². The van der Waals surface area contributed by atoms with Crippen molar-refractivity contribution in [1.29, 1.82) is 0 Å². The quantitative estimate of drug-likeness (QED) is 0.247. The van der Waals surface area contributed by atoms with Crippen LogP contribution in [0.1, 0.15) is 26.3 Å². The van der Waals surface area contributed by atoms with Gasteiger partial charge in [0.05, 0.1) is 6.42 Å². The van der Waals surface area contributed by atoms with Gasteiger partial charge in [-0.1, -0.05) is 26.0 Å². The van der Waals surface area contributed by atoms with Gasteiger partial charge in [-0.25, -0.2) is 4.39 Å². The van der Waals surface area contributed by atoms with E-state index >= 15 is 0 Å². The summed E-state index contributed by atoms with van der Waals surface area (Å²) in [4.78, 5) is 16.2. The Labute approximate surface area is 160 Å². The number of nitrogens with one attached hydrogen (secondary N) is 3. The molecule has 0 radical (unpaired) electrons. The molecule has 0 saturated heterocycles. The van der Waals surface area contributed by atoms with Crippen LogP contribution in [0.25, 0.3) is 0 Å². The third-order valence-corrected chi connectivity index (χ3v) is 2.95. The number of nitrogens with zero attached hydrogens (tertiary/aromatic N) is 1. The van der Waals surface area contributed by atoms with E-state index in [1.54, 1.807) is 12.1 Å². The SMILES string of the molecule is CCNC(=NCC(C)C)NCCNC(=O)Cc1cccc(F)c1.I. The molecule has 0 fully saturated rings. The summed E-state index contributed by atoms with van der Waals surface area (Å²) >= 11 is 0. The minimum Gasteiger partial charge on any atom is -0.357 e. The average Bonchev–Trinajstić information content (AvgIpc) is 2.49. The fourth-order valence-electron chi connectivity index (χ4n) is 1.89. The van der Waals surface area contributed by atoms with E-state index in [4.69, 9.17) is 0 Å². The number of hydrogen-bond acceptors (Lipinski definition) is 2.